The van der Waals surface area contributed by atoms with E-state index in [4.69, 9.17) is 11.6 Å². The summed E-state index contributed by atoms with van der Waals surface area (Å²) in [4.78, 5) is 11.4. The number of fused-ring (bicyclic) bond motifs is 1. The normalized spacial score (nSPS) is 16.9. The minimum atomic E-state index is -4.38. The Bertz CT molecular complexity index is 1190. The zero-order valence-corrected chi connectivity index (χ0v) is 19.7. The molecule has 2 aromatic carbocycles. The van der Waals surface area contributed by atoms with Crippen molar-refractivity contribution in [3.05, 3.63) is 58.7 Å². The summed E-state index contributed by atoms with van der Waals surface area (Å²) in [5, 5.41) is 17.9. The standard InChI is InChI=1S/C25H27ClF3N3O2/c1-14(25(27,28)29)20(17-5-6-18-12-31-32(2)23(18)10-17)13-30-22-9-16(7-8-21(22)26)19(11-24(33)34)15-3-4-15/h5-10,12,14-15,19-20,30H,3-4,11,13H2,1-2H3,(H,33,34)/t14-,19+,20+/m1/s1. The van der Waals surface area contributed by atoms with E-state index in [9.17, 15) is 23.1 Å². The molecule has 1 heterocycles. The van der Waals surface area contributed by atoms with Crippen LogP contribution in [0.1, 0.15) is 49.1 Å². The van der Waals surface area contributed by atoms with E-state index in [0.717, 1.165) is 29.3 Å². The maximum absolute atomic E-state index is 13.8. The first-order valence-electron chi connectivity index (χ1n) is 11.3. The molecule has 3 atom stereocenters. The van der Waals surface area contributed by atoms with Gasteiger partial charge in [-0.25, -0.2) is 0 Å². The first-order valence-corrected chi connectivity index (χ1v) is 11.7. The van der Waals surface area contributed by atoms with Crippen molar-refractivity contribution in [2.75, 3.05) is 11.9 Å². The molecule has 0 spiro atoms. The zero-order chi connectivity index (χ0) is 24.6. The van der Waals surface area contributed by atoms with Gasteiger partial charge in [-0.1, -0.05) is 36.7 Å². The van der Waals surface area contributed by atoms with E-state index in [1.54, 1.807) is 48.3 Å². The van der Waals surface area contributed by atoms with Crippen LogP contribution in [-0.4, -0.2) is 33.6 Å². The van der Waals surface area contributed by atoms with Gasteiger partial charge in [-0.3, -0.25) is 9.48 Å². The van der Waals surface area contributed by atoms with Crippen molar-refractivity contribution in [1.82, 2.24) is 9.78 Å². The van der Waals surface area contributed by atoms with Gasteiger partial charge in [0, 0.05) is 24.9 Å². The van der Waals surface area contributed by atoms with Crippen LogP contribution >= 0.6 is 11.6 Å². The molecule has 1 aliphatic carbocycles. The van der Waals surface area contributed by atoms with Crippen molar-refractivity contribution < 1.29 is 23.1 Å². The number of benzene rings is 2. The maximum atomic E-state index is 13.8. The largest absolute Gasteiger partial charge is 0.481 e. The van der Waals surface area contributed by atoms with E-state index in [1.807, 2.05) is 6.07 Å². The number of carboxylic acids is 1. The number of carbonyl (C=O) groups is 1. The molecule has 34 heavy (non-hydrogen) atoms. The quantitative estimate of drug-likeness (QED) is 0.353. The fourth-order valence-corrected chi connectivity index (χ4v) is 4.76. The fraction of sp³-hybridized carbons (Fsp3) is 0.440. The number of anilines is 1. The number of hydrogen-bond donors (Lipinski definition) is 2. The van der Waals surface area contributed by atoms with E-state index < -0.39 is 24.0 Å². The zero-order valence-electron chi connectivity index (χ0n) is 18.9. The number of hydrogen-bond acceptors (Lipinski definition) is 3. The van der Waals surface area contributed by atoms with Gasteiger partial charge in [0.15, 0.2) is 0 Å². The predicted octanol–water partition coefficient (Wildman–Crippen LogP) is 6.59. The summed E-state index contributed by atoms with van der Waals surface area (Å²) in [6.45, 7) is 1.20. The molecule has 4 rings (SSSR count). The van der Waals surface area contributed by atoms with Crippen LogP contribution in [0.4, 0.5) is 18.9 Å². The Balaban J connectivity index is 1.62. The van der Waals surface area contributed by atoms with Crippen molar-refractivity contribution in [3.63, 3.8) is 0 Å². The average Bonchev–Trinajstić information content (AvgIpc) is 3.55. The highest BCUT2D eigenvalue weighted by Crippen LogP contribution is 2.46. The Kier molecular flexibility index (Phi) is 6.80. The summed E-state index contributed by atoms with van der Waals surface area (Å²) < 4.78 is 43.0. The Morgan fingerprint density at radius 1 is 1.24 bits per heavy atom. The van der Waals surface area contributed by atoms with E-state index in [0.29, 0.717) is 22.2 Å². The molecule has 1 fully saturated rings. The second-order valence-electron chi connectivity index (χ2n) is 9.19. The molecule has 0 unspecified atom stereocenters. The van der Waals surface area contributed by atoms with E-state index in [2.05, 4.69) is 10.4 Å². The first kappa shape index (κ1) is 24.4. The summed E-state index contributed by atoms with van der Waals surface area (Å²) >= 11 is 6.37. The van der Waals surface area contributed by atoms with Crippen LogP contribution in [0, 0.1) is 11.8 Å². The number of halogens is 4. The highest BCUT2D eigenvalue weighted by Gasteiger charge is 2.42. The summed E-state index contributed by atoms with van der Waals surface area (Å²) in [5.41, 5.74) is 2.67. The van der Waals surface area contributed by atoms with E-state index in [1.165, 1.54) is 6.92 Å². The number of carboxylic acid groups (broad SMARTS) is 1. The van der Waals surface area contributed by atoms with Crippen molar-refractivity contribution in [2.24, 2.45) is 18.9 Å². The van der Waals surface area contributed by atoms with Gasteiger partial charge in [-0.05, 0) is 54.0 Å². The number of nitrogens with one attached hydrogen (secondary N) is 1. The maximum Gasteiger partial charge on any atom is 0.392 e. The topological polar surface area (TPSA) is 67.2 Å². The number of aromatic nitrogens is 2. The molecule has 0 bridgehead atoms. The van der Waals surface area contributed by atoms with Crippen molar-refractivity contribution >= 4 is 34.2 Å². The SMILES string of the molecule is C[C@H]([C@H](CNc1cc([C@@H](CC(=O)O)C2CC2)ccc1Cl)c1ccc2cnn(C)c2c1)C(F)(F)F. The van der Waals surface area contributed by atoms with Crippen molar-refractivity contribution in [1.29, 1.82) is 0 Å². The Labute approximate surface area is 200 Å². The highest BCUT2D eigenvalue weighted by atomic mass is 35.5. The Morgan fingerprint density at radius 2 is 1.94 bits per heavy atom. The van der Waals surface area contributed by atoms with Gasteiger partial charge in [0.25, 0.3) is 0 Å². The van der Waals surface area contributed by atoms with Gasteiger partial charge in [0.1, 0.15) is 0 Å². The molecule has 9 heteroatoms. The minimum absolute atomic E-state index is 0.0141. The van der Waals surface area contributed by atoms with Crippen LogP contribution in [0.5, 0.6) is 0 Å². The number of aryl methyl sites for hydroxylation is 1. The van der Waals surface area contributed by atoms with Gasteiger partial charge in [-0.15, -0.1) is 0 Å². The molecule has 0 amide bonds. The summed E-state index contributed by atoms with van der Waals surface area (Å²) in [7, 11) is 1.76. The predicted molar refractivity (Wildman–Crippen MR) is 126 cm³/mol. The van der Waals surface area contributed by atoms with Crippen LogP contribution in [0.2, 0.25) is 5.02 Å². The van der Waals surface area contributed by atoms with Crippen LogP contribution < -0.4 is 5.32 Å². The van der Waals surface area contributed by atoms with Crippen molar-refractivity contribution in [2.45, 2.75) is 44.2 Å². The molecular weight excluding hydrogens is 467 g/mol. The van der Waals surface area contributed by atoms with E-state index >= 15 is 0 Å². The molecule has 0 saturated heterocycles. The monoisotopic (exact) mass is 493 g/mol. The van der Waals surface area contributed by atoms with Gasteiger partial charge in [-0.2, -0.15) is 18.3 Å². The Morgan fingerprint density at radius 3 is 2.59 bits per heavy atom. The summed E-state index contributed by atoms with van der Waals surface area (Å²) in [6, 6.07) is 10.5. The van der Waals surface area contributed by atoms with Crippen LogP contribution in [-0.2, 0) is 11.8 Å². The van der Waals surface area contributed by atoms with Crippen LogP contribution in [0.15, 0.2) is 42.6 Å². The average molecular weight is 494 g/mol. The van der Waals surface area contributed by atoms with Gasteiger partial charge in [0.05, 0.1) is 34.8 Å². The number of nitrogens with zero attached hydrogens (tertiary/aromatic N) is 2. The smallest absolute Gasteiger partial charge is 0.392 e. The molecule has 1 aromatic heterocycles. The summed E-state index contributed by atoms with van der Waals surface area (Å²) in [6.07, 6.45) is -0.726. The molecular formula is C25H27ClF3N3O2. The third kappa shape index (κ3) is 5.32. The second-order valence-corrected chi connectivity index (χ2v) is 9.59. The minimum Gasteiger partial charge on any atom is -0.481 e. The highest BCUT2D eigenvalue weighted by molar-refractivity contribution is 6.33. The number of alkyl halides is 3. The molecule has 2 N–H and O–H groups in total. The van der Waals surface area contributed by atoms with E-state index in [-0.39, 0.29) is 18.9 Å². The molecule has 1 saturated carbocycles. The van der Waals surface area contributed by atoms with Crippen molar-refractivity contribution in [3.8, 4) is 0 Å². The fourth-order valence-electron chi connectivity index (χ4n) is 4.58. The third-order valence-electron chi connectivity index (χ3n) is 6.84. The van der Waals surface area contributed by atoms with Gasteiger partial charge < -0.3 is 10.4 Å². The molecule has 0 aliphatic heterocycles. The second kappa shape index (κ2) is 9.49. The van der Waals surface area contributed by atoms with Crippen LogP contribution in [0.25, 0.3) is 10.9 Å². The lowest BCUT2D eigenvalue weighted by Crippen LogP contribution is -2.30. The molecule has 182 valence electrons. The lowest BCUT2D eigenvalue weighted by atomic mass is 9.86. The number of aliphatic carboxylic acids is 1. The third-order valence-corrected chi connectivity index (χ3v) is 7.17. The molecule has 3 aromatic rings. The van der Waals surface area contributed by atoms with Gasteiger partial charge >= 0.3 is 12.1 Å². The molecule has 1 aliphatic rings. The first-order chi connectivity index (χ1) is 16.0. The summed E-state index contributed by atoms with van der Waals surface area (Å²) in [5.74, 6) is -3.15. The number of rotatable bonds is 9. The lowest BCUT2D eigenvalue weighted by molar-refractivity contribution is -0.174. The van der Waals surface area contributed by atoms with Crippen LogP contribution in [0.3, 0.4) is 0 Å². The Hall–Kier alpha value is -2.74. The lowest BCUT2D eigenvalue weighted by Gasteiger charge is -2.28. The van der Waals surface area contributed by atoms with Gasteiger partial charge in [0.2, 0.25) is 0 Å². The molecule has 5 nitrogen and oxygen atoms in total. The molecule has 0 radical (unpaired) electrons.